The first-order valence-corrected chi connectivity index (χ1v) is 4.10. The van der Waals surface area contributed by atoms with Crippen LogP contribution in [0.2, 0.25) is 0 Å². The molecular weight excluding hydrogens is 160 g/mol. The number of allylic oxidation sites excluding steroid dienone is 1. The Hall–Kier alpha value is -1.68. The Morgan fingerprint density at radius 2 is 2.08 bits per heavy atom. The van der Waals surface area contributed by atoms with E-state index in [9.17, 15) is 0 Å². The van der Waals surface area contributed by atoms with Gasteiger partial charge in [-0.3, -0.25) is 0 Å². The van der Waals surface area contributed by atoms with Gasteiger partial charge in [0.15, 0.2) is 0 Å². The zero-order chi connectivity index (χ0) is 9.52. The molecule has 13 heavy (non-hydrogen) atoms. The lowest BCUT2D eigenvalue weighted by atomic mass is 10.2. The summed E-state index contributed by atoms with van der Waals surface area (Å²) in [6, 6.07) is 7.68. The third kappa shape index (κ3) is 3.04. The standard InChI is InChI=1S/C12H12O/c1-3-4-5-6-11-7-9-12(13-2)10-8-11/h3,7-10H,1,4H2,2H3. The Labute approximate surface area is 79.0 Å². The molecule has 1 nitrogen and oxygen atoms in total. The van der Waals surface area contributed by atoms with Gasteiger partial charge in [0.1, 0.15) is 5.75 Å². The van der Waals surface area contributed by atoms with Gasteiger partial charge in [0.2, 0.25) is 0 Å². The predicted octanol–water partition coefficient (Wildman–Crippen LogP) is 2.62. The van der Waals surface area contributed by atoms with Crippen molar-refractivity contribution in [3.63, 3.8) is 0 Å². The van der Waals surface area contributed by atoms with Crippen LogP contribution in [0.25, 0.3) is 0 Å². The van der Waals surface area contributed by atoms with E-state index in [0.717, 1.165) is 17.7 Å². The quantitative estimate of drug-likeness (QED) is 0.492. The van der Waals surface area contributed by atoms with Gasteiger partial charge in [0.25, 0.3) is 0 Å². The molecule has 0 radical (unpaired) electrons. The van der Waals surface area contributed by atoms with E-state index in [0.29, 0.717) is 0 Å². The number of benzene rings is 1. The van der Waals surface area contributed by atoms with Crippen LogP contribution in [0.4, 0.5) is 0 Å². The summed E-state index contributed by atoms with van der Waals surface area (Å²) < 4.78 is 5.03. The maximum Gasteiger partial charge on any atom is 0.118 e. The van der Waals surface area contributed by atoms with E-state index in [-0.39, 0.29) is 0 Å². The van der Waals surface area contributed by atoms with Crippen LogP contribution in [0, 0.1) is 11.8 Å². The van der Waals surface area contributed by atoms with E-state index in [4.69, 9.17) is 4.74 Å². The topological polar surface area (TPSA) is 9.23 Å². The number of hydrogen-bond acceptors (Lipinski definition) is 1. The monoisotopic (exact) mass is 172 g/mol. The summed E-state index contributed by atoms with van der Waals surface area (Å²) in [5, 5.41) is 0. The number of hydrogen-bond donors (Lipinski definition) is 0. The molecule has 0 bridgehead atoms. The second kappa shape index (κ2) is 5.05. The Morgan fingerprint density at radius 3 is 2.62 bits per heavy atom. The van der Waals surface area contributed by atoms with Crippen LogP contribution >= 0.6 is 0 Å². The molecule has 1 aromatic carbocycles. The third-order valence-electron chi connectivity index (χ3n) is 1.57. The minimum Gasteiger partial charge on any atom is -0.497 e. The van der Waals surface area contributed by atoms with Crippen LogP contribution in [0.15, 0.2) is 36.9 Å². The molecule has 1 heteroatoms. The van der Waals surface area contributed by atoms with Crippen molar-refractivity contribution in [1.29, 1.82) is 0 Å². The van der Waals surface area contributed by atoms with Gasteiger partial charge >= 0.3 is 0 Å². The van der Waals surface area contributed by atoms with Gasteiger partial charge in [-0.05, 0) is 24.3 Å². The molecule has 0 aliphatic rings. The van der Waals surface area contributed by atoms with E-state index < -0.39 is 0 Å². The van der Waals surface area contributed by atoms with Crippen molar-refractivity contribution in [1.82, 2.24) is 0 Å². The van der Waals surface area contributed by atoms with Gasteiger partial charge < -0.3 is 4.74 Å². The normalized spacial score (nSPS) is 8.38. The molecule has 0 fully saturated rings. The van der Waals surface area contributed by atoms with Gasteiger partial charge in [-0.15, -0.1) is 6.58 Å². The molecule has 1 aromatic rings. The lowest BCUT2D eigenvalue weighted by molar-refractivity contribution is 0.415. The number of methoxy groups -OCH3 is 1. The Morgan fingerprint density at radius 1 is 1.38 bits per heavy atom. The van der Waals surface area contributed by atoms with Crippen molar-refractivity contribution in [2.75, 3.05) is 7.11 Å². The molecule has 0 unspecified atom stereocenters. The van der Waals surface area contributed by atoms with Crippen molar-refractivity contribution in [2.45, 2.75) is 6.42 Å². The summed E-state index contributed by atoms with van der Waals surface area (Å²) in [7, 11) is 1.65. The fraction of sp³-hybridized carbons (Fsp3) is 0.167. The molecule has 0 N–H and O–H groups in total. The molecule has 1 rings (SSSR count). The highest BCUT2D eigenvalue weighted by molar-refractivity contribution is 5.38. The summed E-state index contributed by atoms with van der Waals surface area (Å²) in [5.41, 5.74) is 1.00. The van der Waals surface area contributed by atoms with E-state index in [1.54, 1.807) is 13.2 Å². The fourth-order valence-corrected chi connectivity index (χ4v) is 0.900. The summed E-state index contributed by atoms with van der Waals surface area (Å²) >= 11 is 0. The molecule has 0 saturated carbocycles. The molecule has 0 aliphatic carbocycles. The average molecular weight is 172 g/mol. The van der Waals surface area contributed by atoms with Crippen molar-refractivity contribution >= 4 is 0 Å². The molecular formula is C12H12O. The SMILES string of the molecule is C=CCC#Cc1ccc(OC)cc1. The molecule has 0 aromatic heterocycles. The van der Waals surface area contributed by atoms with Gasteiger partial charge in [-0.25, -0.2) is 0 Å². The highest BCUT2D eigenvalue weighted by atomic mass is 16.5. The molecule has 66 valence electrons. The molecule has 0 aliphatic heterocycles. The summed E-state index contributed by atoms with van der Waals surface area (Å²) in [6.07, 6.45) is 2.52. The minimum atomic E-state index is 0.728. The maximum absolute atomic E-state index is 5.03. The van der Waals surface area contributed by atoms with Gasteiger partial charge in [0, 0.05) is 12.0 Å². The van der Waals surface area contributed by atoms with Gasteiger partial charge in [0.05, 0.1) is 7.11 Å². The summed E-state index contributed by atoms with van der Waals surface area (Å²) in [5.74, 6) is 6.86. The van der Waals surface area contributed by atoms with E-state index in [1.165, 1.54) is 0 Å². The van der Waals surface area contributed by atoms with Crippen molar-refractivity contribution < 1.29 is 4.74 Å². The van der Waals surface area contributed by atoms with Crippen molar-refractivity contribution in [2.24, 2.45) is 0 Å². The maximum atomic E-state index is 5.03. The molecule has 0 atom stereocenters. The lowest BCUT2D eigenvalue weighted by Crippen LogP contribution is -1.81. The number of ether oxygens (including phenoxy) is 1. The smallest absolute Gasteiger partial charge is 0.118 e. The Kier molecular flexibility index (Phi) is 3.66. The first-order valence-electron chi connectivity index (χ1n) is 4.10. The second-order valence-electron chi connectivity index (χ2n) is 2.52. The Bertz CT molecular complexity index is 324. The van der Waals surface area contributed by atoms with Crippen molar-refractivity contribution in [3.8, 4) is 17.6 Å². The third-order valence-corrected chi connectivity index (χ3v) is 1.57. The lowest BCUT2D eigenvalue weighted by Gasteiger charge is -1.97. The second-order valence-corrected chi connectivity index (χ2v) is 2.52. The van der Waals surface area contributed by atoms with Crippen LogP contribution in [-0.4, -0.2) is 7.11 Å². The summed E-state index contributed by atoms with van der Waals surface area (Å²) in [4.78, 5) is 0. The van der Waals surface area contributed by atoms with E-state index in [2.05, 4.69) is 18.4 Å². The zero-order valence-corrected chi connectivity index (χ0v) is 7.71. The van der Waals surface area contributed by atoms with Crippen LogP contribution in [0.3, 0.4) is 0 Å². The van der Waals surface area contributed by atoms with Crippen LogP contribution in [0.5, 0.6) is 5.75 Å². The van der Waals surface area contributed by atoms with Crippen LogP contribution < -0.4 is 4.74 Å². The van der Waals surface area contributed by atoms with Crippen LogP contribution in [0.1, 0.15) is 12.0 Å². The van der Waals surface area contributed by atoms with E-state index in [1.807, 2.05) is 24.3 Å². The average Bonchev–Trinajstić information content (AvgIpc) is 2.19. The van der Waals surface area contributed by atoms with E-state index >= 15 is 0 Å². The highest BCUT2D eigenvalue weighted by Gasteiger charge is 1.88. The predicted molar refractivity (Wildman–Crippen MR) is 54.7 cm³/mol. The van der Waals surface area contributed by atoms with Gasteiger partial charge in [-0.1, -0.05) is 17.9 Å². The molecule has 0 saturated heterocycles. The summed E-state index contributed by atoms with van der Waals surface area (Å²) in [6.45, 7) is 3.60. The zero-order valence-electron chi connectivity index (χ0n) is 7.71. The van der Waals surface area contributed by atoms with Crippen LogP contribution in [-0.2, 0) is 0 Å². The molecule has 0 heterocycles. The molecule has 0 spiro atoms. The Balaban J connectivity index is 2.70. The fourth-order valence-electron chi connectivity index (χ4n) is 0.900. The minimum absolute atomic E-state index is 0.728. The highest BCUT2D eigenvalue weighted by Crippen LogP contribution is 2.09. The van der Waals surface area contributed by atoms with Gasteiger partial charge in [-0.2, -0.15) is 0 Å². The first-order chi connectivity index (χ1) is 6.36. The van der Waals surface area contributed by atoms with Crippen molar-refractivity contribution in [3.05, 3.63) is 42.5 Å². The largest absolute Gasteiger partial charge is 0.497 e. The number of rotatable bonds is 2. The first kappa shape index (κ1) is 9.41. The molecule has 0 amide bonds.